The highest BCUT2D eigenvalue weighted by Crippen LogP contribution is 2.24. The minimum absolute atomic E-state index is 0.0688. The standard InChI is InChI=1S/C18H25BrN2O3/c1-12(2)21(11-13-3-7-15(19)8-4-13)18(24)20-16-9-5-14(6-10-16)17(22)23/h3-4,7-8,12,14,16H,5-6,9-11H2,1-2H3,(H,20,24)(H,22,23). The van der Waals surface area contributed by atoms with Crippen molar-refractivity contribution in [1.29, 1.82) is 0 Å². The number of nitrogens with zero attached hydrogens (tertiary/aromatic N) is 1. The molecule has 5 nitrogen and oxygen atoms in total. The second-order valence-electron chi connectivity index (χ2n) is 6.68. The number of aliphatic carboxylic acids is 1. The Morgan fingerprint density at radius 2 is 1.79 bits per heavy atom. The summed E-state index contributed by atoms with van der Waals surface area (Å²) in [6, 6.07) is 8.03. The molecule has 0 spiro atoms. The van der Waals surface area contributed by atoms with Gasteiger partial charge in [-0.15, -0.1) is 0 Å². The lowest BCUT2D eigenvalue weighted by atomic mass is 9.86. The van der Waals surface area contributed by atoms with Crippen LogP contribution in [0.3, 0.4) is 0 Å². The van der Waals surface area contributed by atoms with E-state index in [4.69, 9.17) is 5.11 Å². The Kier molecular flexibility index (Phi) is 6.66. The Balaban J connectivity index is 1.92. The Morgan fingerprint density at radius 3 is 2.29 bits per heavy atom. The molecule has 0 aliphatic heterocycles. The molecule has 24 heavy (non-hydrogen) atoms. The minimum atomic E-state index is -0.723. The van der Waals surface area contributed by atoms with Crippen LogP contribution < -0.4 is 5.32 Å². The topological polar surface area (TPSA) is 69.6 Å². The fourth-order valence-electron chi connectivity index (χ4n) is 3.02. The molecular formula is C18H25BrN2O3. The summed E-state index contributed by atoms with van der Waals surface area (Å²) in [5.41, 5.74) is 1.08. The highest BCUT2D eigenvalue weighted by atomic mass is 79.9. The van der Waals surface area contributed by atoms with E-state index < -0.39 is 5.97 Å². The summed E-state index contributed by atoms with van der Waals surface area (Å²) in [6.07, 6.45) is 2.73. The molecule has 2 amide bonds. The van der Waals surface area contributed by atoms with Gasteiger partial charge < -0.3 is 15.3 Å². The van der Waals surface area contributed by atoms with Gasteiger partial charge in [0, 0.05) is 23.1 Å². The van der Waals surface area contributed by atoms with Crippen LogP contribution in [-0.4, -0.2) is 34.1 Å². The number of nitrogens with one attached hydrogen (secondary N) is 1. The number of hydrogen-bond donors (Lipinski definition) is 2. The van der Waals surface area contributed by atoms with Crippen molar-refractivity contribution in [2.45, 2.75) is 58.2 Å². The molecule has 1 aromatic carbocycles. The van der Waals surface area contributed by atoms with Crippen molar-refractivity contribution in [2.24, 2.45) is 5.92 Å². The van der Waals surface area contributed by atoms with Gasteiger partial charge in [0.05, 0.1) is 5.92 Å². The summed E-state index contributed by atoms with van der Waals surface area (Å²) in [6.45, 7) is 4.56. The van der Waals surface area contributed by atoms with Crippen molar-refractivity contribution < 1.29 is 14.7 Å². The summed E-state index contributed by atoms with van der Waals surface area (Å²) in [5.74, 6) is -0.985. The maximum Gasteiger partial charge on any atom is 0.318 e. The van der Waals surface area contributed by atoms with Gasteiger partial charge in [-0.1, -0.05) is 28.1 Å². The molecule has 132 valence electrons. The van der Waals surface area contributed by atoms with Crippen molar-refractivity contribution in [1.82, 2.24) is 10.2 Å². The number of carbonyl (C=O) groups excluding carboxylic acids is 1. The van der Waals surface area contributed by atoms with Crippen LogP contribution in [0.4, 0.5) is 4.79 Å². The van der Waals surface area contributed by atoms with Crippen molar-refractivity contribution >= 4 is 27.9 Å². The number of amides is 2. The zero-order valence-corrected chi connectivity index (χ0v) is 15.8. The molecule has 1 saturated carbocycles. The summed E-state index contributed by atoms with van der Waals surface area (Å²) in [7, 11) is 0. The zero-order valence-electron chi connectivity index (χ0n) is 14.2. The first-order valence-corrected chi connectivity index (χ1v) is 9.20. The summed E-state index contributed by atoms with van der Waals surface area (Å²) in [4.78, 5) is 25.4. The lowest BCUT2D eigenvalue weighted by Gasteiger charge is -2.32. The van der Waals surface area contributed by atoms with Crippen LogP contribution in [0.25, 0.3) is 0 Å². The molecule has 2 rings (SSSR count). The molecule has 0 bridgehead atoms. The van der Waals surface area contributed by atoms with E-state index in [0.717, 1.165) is 22.9 Å². The highest BCUT2D eigenvalue weighted by Gasteiger charge is 2.28. The number of rotatable bonds is 5. The van der Waals surface area contributed by atoms with Crippen molar-refractivity contribution in [3.63, 3.8) is 0 Å². The van der Waals surface area contributed by atoms with Gasteiger partial charge in [0.25, 0.3) is 0 Å². The first-order chi connectivity index (χ1) is 11.4. The lowest BCUT2D eigenvalue weighted by molar-refractivity contribution is -0.142. The van der Waals surface area contributed by atoms with E-state index in [1.165, 1.54) is 0 Å². The summed E-state index contributed by atoms with van der Waals surface area (Å²) < 4.78 is 1.02. The molecule has 0 radical (unpaired) electrons. The molecule has 0 unspecified atom stereocenters. The largest absolute Gasteiger partial charge is 0.481 e. The summed E-state index contributed by atoms with van der Waals surface area (Å²) in [5, 5.41) is 12.1. The third kappa shape index (κ3) is 5.23. The van der Waals surface area contributed by atoms with E-state index in [-0.39, 0.29) is 24.0 Å². The van der Waals surface area contributed by atoms with Crippen LogP contribution in [0.5, 0.6) is 0 Å². The van der Waals surface area contributed by atoms with E-state index in [1.54, 1.807) is 0 Å². The molecule has 0 heterocycles. The first kappa shape index (κ1) is 18.8. The van der Waals surface area contributed by atoms with Crippen molar-refractivity contribution in [3.8, 4) is 0 Å². The van der Waals surface area contributed by atoms with Gasteiger partial charge in [0.15, 0.2) is 0 Å². The minimum Gasteiger partial charge on any atom is -0.481 e. The number of halogens is 1. The second kappa shape index (κ2) is 8.51. The van der Waals surface area contributed by atoms with E-state index in [0.29, 0.717) is 19.4 Å². The van der Waals surface area contributed by atoms with Gasteiger partial charge >= 0.3 is 12.0 Å². The molecule has 0 saturated heterocycles. The highest BCUT2D eigenvalue weighted by molar-refractivity contribution is 9.10. The fraction of sp³-hybridized carbons (Fsp3) is 0.556. The van der Waals surface area contributed by atoms with Crippen LogP contribution in [0.2, 0.25) is 0 Å². The number of urea groups is 1. The maximum absolute atomic E-state index is 12.6. The SMILES string of the molecule is CC(C)N(Cc1ccc(Br)cc1)C(=O)NC1CCC(C(=O)O)CC1. The molecule has 0 atom stereocenters. The molecule has 1 fully saturated rings. The van der Waals surface area contributed by atoms with Gasteiger partial charge in [0.1, 0.15) is 0 Å². The maximum atomic E-state index is 12.6. The molecule has 1 aromatic rings. The number of hydrogen-bond acceptors (Lipinski definition) is 2. The van der Waals surface area contributed by atoms with Gasteiger partial charge in [-0.3, -0.25) is 4.79 Å². The number of benzene rings is 1. The second-order valence-corrected chi connectivity index (χ2v) is 7.60. The van der Waals surface area contributed by atoms with Crippen LogP contribution in [0.1, 0.15) is 45.1 Å². The van der Waals surface area contributed by atoms with Gasteiger partial charge in [-0.05, 0) is 57.2 Å². The third-order valence-electron chi connectivity index (χ3n) is 4.55. The molecule has 1 aliphatic rings. The lowest BCUT2D eigenvalue weighted by Crippen LogP contribution is -2.48. The predicted molar refractivity (Wildman–Crippen MR) is 96.7 cm³/mol. The Hall–Kier alpha value is -1.56. The third-order valence-corrected chi connectivity index (χ3v) is 5.08. The average Bonchev–Trinajstić information content (AvgIpc) is 2.54. The zero-order chi connectivity index (χ0) is 17.7. The van der Waals surface area contributed by atoms with E-state index >= 15 is 0 Å². The smallest absolute Gasteiger partial charge is 0.318 e. The first-order valence-electron chi connectivity index (χ1n) is 8.41. The van der Waals surface area contributed by atoms with Crippen LogP contribution in [0.15, 0.2) is 28.7 Å². The van der Waals surface area contributed by atoms with Crippen molar-refractivity contribution in [2.75, 3.05) is 0 Å². The monoisotopic (exact) mass is 396 g/mol. The van der Waals surface area contributed by atoms with E-state index in [2.05, 4.69) is 21.2 Å². The van der Waals surface area contributed by atoms with Gasteiger partial charge in [-0.2, -0.15) is 0 Å². The summed E-state index contributed by atoms with van der Waals surface area (Å²) >= 11 is 3.42. The van der Waals surface area contributed by atoms with Crippen LogP contribution in [-0.2, 0) is 11.3 Å². The van der Waals surface area contributed by atoms with Gasteiger partial charge in [0.2, 0.25) is 0 Å². The van der Waals surface area contributed by atoms with E-state index in [9.17, 15) is 9.59 Å². The Labute approximate surface area is 151 Å². The Bertz CT molecular complexity index is 566. The molecular weight excluding hydrogens is 372 g/mol. The van der Waals surface area contributed by atoms with Crippen molar-refractivity contribution in [3.05, 3.63) is 34.3 Å². The average molecular weight is 397 g/mol. The van der Waals surface area contributed by atoms with Crippen LogP contribution >= 0.6 is 15.9 Å². The number of carboxylic acid groups (broad SMARTS) is 1. The normalized spacial score (nSPS) is 20.7. The van der Waals surface area contributed by atoms with E-state index in [1.807, 2.05) is 43.0 Å². The number of carbonyl (C=O) groups is 2. The predicted octanol–water partition coefficient (Wildman–Crippen LogP) is 4.01. The quantitative estimate of drug-likeness (QED) is 0.789. The van der Waals surface area contributed by atoms with Gasteiger partial charge in [-0.25, -0.2) is 4.79 Å². The molecule has 2 N–H and O–H groups in total. The Morgan fingerprint density at radius 1 is 1.21 bits per heavy atom. The molecule has 0 aromatic heterocycles. The van der Waals surface area contributed by atoms with Crippen LogP contribution in [0, 0.1) is 5.92 Å². The fourth-order valence-corrected chi connectivity index (χ4v) is 3.28. The molecule has 6 heteroatoms. The molecule has 1 aliphatic carbocycles. The number of carboxylic acids is 1.